The van der Waals surface area contributed by atoms with Crippen LogP contribution in [0, 0.1) is 0 Å². The topological polar surface area (TPSA) is 83.7 Å². The molecule has 2 saturated heterocycles. The molecular weight excluding hydrogens is 462 g/mol. The van der Waals surface area contributed by atoms with Crippen LogP contribution < -0.4 is 10.2 Å². The predicted octanol–water partition coefficient (Wildman–Crippen LogP) is 3.69. The average molecular weight is 494 g/mol. The van der Waals surface area contributed by atoms with Crippen molar-refractivity contribution < 1.29 is 13.9 Å². The van der Waals surface area contributed by atoms with E-state index in [9.17, 15) is 4.79 Å². The summed E-state index contributed by atoms with van der Waals surface area (Å²) in [5.74, 6) is 2.40. The summed E-state index contributed by atoms with van der Waals surface area (Å²) in [5.41, 5.74) is 2.00. The highest BCUT2D eigenvalue weighted by molar-refractivity contribution is 7.98. The van der Waals surface area contributed by atoms with Gasteiger partial charge in [-0.3, -0.25) is 9.69 Å². The van der Waals surface area contributed by atoms with Gasteiger partial charge in [-0.1, -0.05) is 42.1 Å². The van der Waals surface area contributed by atoms with Crippen molar-refractivity contribution in [1.82, 2.24) is 20.2 Å². The quantitative estimate of drug-likeness (QED) is 0.357. The Labute approximate surface area is 210 Å². The van der Waals surface area contributed by atoms with Crippen molar-refractivity contribution in [3.8, 4) is 11.3 Å². The predicted molar refractivity (Wildman–Crippen MR) is 137 cm³/mol. The molecule has 0 bridgehead atoms. The molecule has 9 heteroatoms. The van der Waals surface area contributed by atoms with Crippen LogP contribution in [0.2, 0.25) is 0 Å². The number of carbonyl (C=O) groups is 1. The average Bonchev–Trinajstić information content (AvgIpc) is 3.61. The first-order valence-electron chi connectivity index (χ1n) is 12.2. The highest BCUT2D eigenvalue weighted by Gasteiger charge is 2.18. The lowest BCUT2D eigenvalue weighted by Gasteiger charge is -2.26. The van der Waals surface area contributed by atoms with Crippen LogP contribution in [0.3, 0.4) is 0 Å². The van der Waals surface area contributed by atoms with E-state index in [2.05, 4.69) is 33.3 Å². The van der Waals surface area contributed by atoms with E-state index in [-0.39, 0.29) is 5.91 Å². The molecule has 2 aliphatic rings. The van der Waals surface area contributed by atoms with E-state index >= 15 is 0 Å². The SMILES string of the molecule is O=C(NCCN1CCOCC1)c1ccc(CSc2nc(-c3ccccc3)cc(N3CCCC3)n2)o1. The minimum absolute atomic E-state index is 0.187. The zero-order chi connectivity index (χ0) is 23.9. The second-order valence-corrected chi connectivity index (χ2v) is 9.66. The van der Waals surface area contributed by atoms with Crippen LogP contribution in [-0.4, -0.2) is 73.3 Å². The minimum atomic E-state index is -0.187. The van der Waals surface area contributed by atoms with Gasteiger partial charge < -0.3 is 19.4 Å². The van der Waals surface area contributed by atoms with E-state index in [1.807, 2.05) is 24.3 Å². The van der Waals surface area contributed by atoms with Gasteiger partial charge in [0, 0.05) is 50.9 Å². The molecule has 2 aliphatic heterocycles. The summed E-state index contributed by atoms with van der Waals surface area (Å²) in [5, 5.41) is 3.65. The van der Waals surface area contributed by atoms with E-state index in [4.69, 9.17) is 19.1 Å². The van der Waals surface area contributed by atoms with Gasteiger partial charge in [-0.15, -0.1) is 0 Å². The number of morpholine rings is 1. The maximum Gasteiger partial charge on any atom is 0.287 e. The third-order valence-corrected chi connectivity index (χ3v) is 7.11. The van der Waals surface area contributed by atoms with Gasteiger partial charge in [-0.25, -0.2) is 9.97 Å². The smallest absolute Gasteiger partial charge is 0.287 e. The Morgan fingerprint density at radius 3 is 2.60 bits per heavy atom. The second-order valence-electron chi connectivity index (χ2n) is 8.72. The van der Waals surface area contributed by atoms with Gasteiger partial charge in [-0.2, -0.15) is 0 Å². The molecule has 0 radical (unpaired) electrons. The Kier molecular flexibility index (Phi) is 7.97. The molecular formula is C26H31N5O3S. The summed E-state index contributed by atoms with van der Waals surface area (Å²) in [6.07, 6.45) is 2.38. The molecule has 0 unspecified atom stereocenters. The Morgan fingerprint density at radius 1 is 1.00 bits per heavy atom. The number of nitrogens with one attached hydrogen (secondary N) is 1. The Bertz CT molecular complexity index is 1110. The molecule has 0 aliphatic carbocycles. The number of hydrogen-bond acceptors (Lipinski definition) is 8. The van der Waals surface area contributed by atoms with E-state index in [1.54, 1.807) is 6.07 Å². The third kappa shape index (κ3) is 6.42. The molecule has 35 heavy (non-hydrogen) atoms. The van der Waals surface area contributed by atoms with Crippen LogP contribution >= 0.6 is 11.8 Å². The molecule has 2 aromatic heterocycles. The van der Waals surface area contributed by atoms with Crippen LogP contribution in [0.1, 0.15) is 29.2 Å². The first kappa shape index (κ1) is 23.8. The first-order valence-corrected chi connectivity index (χ1v) is 13.2. The van der Waals surface area contributed by atoms with Crippen LogP contribution in [0.4, 0.5) is 5.82 Å². The highest BCUT2D eigenvalue weighted by atomic mass is 32.2. The zero-order valence-corrected chi connectivity index (χ0v) is 20.6. The number of furan rings is 1. The maximum absolute atomic E-state index is 12.5. The number of thioether (sulfide) groups is 1. The lowest BCUT2D eigenvalue weighted by molar-refractivity contribution is 0.0382. The number of nitrogens with zero attached hydrogens (tertiary/aromatic N) is 4. The lowest BCUT2D eigenvalue weighted by Crippen LogP contribution is -2.41. The lowest BCUT2D eigenvalue weighted by atomic mass is 10.1. The maximum atomic E-state index is 12.5. The number of amides is 1. The molecule has 1 amide bonds. The third-order valence-electron chi connectivity index (χ3n) is 6.24. The van der Waals surface area contributed by atoms with E-state index < -0.39 is 0 Å². The van der Waals surface area contributed by atoms with Crippen LogP contribution in [0.5, 0.6) is 0 Å². The molecule has 8 nitrogen and oxygen atoms in total. The molecule has 0 spiro atoms. The van der Waals surface area contributed by atoms with Gasteiger partial charge >= 0.3 is 0 Å². The molecule has 184 valence electrons. The van der Waals surface area contributed by atoms with Crippen LogP contribution in [0.15, 0.2) is 58.1 Å². The molecule has 3 aromatic rings. The number of benzene rings is 1. The molecule has 5 rings (SSSR count). The van der Waals surface area contributed by atoms with Crippen LogP contribution in [0.25, 0.3) is 11.3 Å². The summed E-state index contributed by atoms with van der Waals surface area (Å²) in [6, 6.07) is 15.9. The molecule has 1 aromatic carbocycles. The van der Waals surface area contributed by atoms with Crippen molar-refractivity contribution >= 4 is 23.5 Å². The van der Waals surface area contributed by atoms with Crippen molar-refractivity contribution in [2.24, 2.45) is 0 Å². The fourth-order valence-corrected chi connectivity index (χ4v) is 5.04. The standard InChI is InChI=1S/C26H31N5O3S/c32-25(27-10-13-30-14-16-33-17-15-30)23-9-8-21(34-23)19-35-26-28-22(20-6-2-1-3-7-20)18-24(29-26)31-11-4-5-12-31/h1-3,6-9,18H,4-5,10-17,19H2,(H,27,32). The van der Waals surface area contributed by atoms with Crippen molar-refractivity contribution in [3.05, 3.63) is 60.1 Å². The number of ether oxygens (including phenoxy) is 1. The second kappa shape index (κ2) is 11.7. The number of aromatic nitrogens is 2. The Hall–Kier alpha value is -2.88. The van der Waals surface area contributed by atoms with Crippen LogP contribution in [-0.2, 0) is 10.5 Å². The number of rotatable bonds is 9. The van der Waals surface area contributed by atoms with Gasteiger partial charge in [0.2, 0.25) is 0 Å². The van der Waals surface area contributed by atoms with Crippen molar-refractivity contribution in [3.63, 3.8) is 0 Å². The first-order chi connectivity index (χ1) is 17.2. The van der Waals surface area contributed by atoms with Gasteiger partial charge in [-0.05, 0) is 25.0 Å². The fourth-order valence-electron chi connectivity index (χ4n) is 4.30. The van der Waals surface area contributed by atoms with Crippen molar-refractivity contribution in [1.29, 1.82) is 0 Å². The molecule has 0 atom stereocenters. The van der Waals surface area contributed by atoms with E-state index in [0.717, 1.165) is 68.8 Å². The zero-order valence-electron chi connectivity index (χ0n) is 19.8. The summed E-state index contributed by atoms with van der Waals surface area (Å²) in [6.45, 7) is 6.77. The van der Waals surface area contributed by atoms with Gasteiger partial charge in [0.1, 0.15) is 11.6 Å². The Morgan fingerprint density at radius 2 is 1.80 bits per heavy atom. The van der Waals surface area contributed by atoms with E-state index in [0.29, 0.717) is 23.2 Å². The normalized spacial score (nSPS) is 16.5. The van der Waals surface area contributed by atoms with E-state index in [1.165, 1.54) is 24.6 Å². The van der Waals surface area contributed by atoms with Crippen molar-refractivity contribution in [2.75, 3.05) is 57.4 Å². The Balaban J connectivity index is 1.20. The molecule has 1 N–H and O–H groups in total. The highest BCUT2D eigenvalue weighted by Crippen LogP contribution is 2.29. The number of carbonyl (C=O) groups excluding carboxylic acids is 1. The van der Waals surface area contributed by atoms with Gasteiger partial charge in [0.05, 0.1) is 24.7 Å². The summed E-state index contributed by atoms with van der Waals surface area (Å²) >= 11 is 1.52. The summed E-state index contributed by atoms with van der Waals surface area (Å²) in [7, 11) is 0. The monoisotopic (exact) mass is 493 g/mol. The summed E-state index contributed by atoms with van der Waals surface area (Å²) < 4.78 is 11.2. The minimum Gasteiger partial charge on any atom is -0.455 e. The number of anilines is 1. The largest absolute Gasteiger partial charge is 0.455 e. The molecule has 0 saturated carbocycles. The van der Waals surface area contributed by atoms with Crippen molar-refractivity contribution in [2.45, 2.75) is 23.8 Å². The number of hydrogen-bond donors (Lipinski definition) is 1. The molecule has 4 heterocycles. The van der Waals surface area contributed by atoms with Gasteiger partial charge in [0.25, 0.3) is 5.91 Å². The fraction of sp³-hybridized carbons (Fsp3) is 0.423. The summed E-state index contributed by atoms with van der Waals surface area (Å²) in [4.78, 5) is 26.7. The molecule has 2 fully saturated rings. The van der Waals surface area contributed by atoms with Gasteiger partial charge in [0.15, 0.2) is 10.9 Å².